The number of carbonyl (C=O) groups excluding carboxylic acids is 1. The topological polar surface area (TPSA) is 55.8 Å². The number of unbranched alkanes of at least 4 members (excludes halogenated alkanes) is 1. The zero-order valence-electron chi connectivity index (χ0n) is 14.4. The maximum absolute atomic E-state index is 13.0. The quantitative estimate of drug-likeness (QED) is 0.423. The molecule has 0 aromatic heterocycles. The highest BCUT2D eigenvalue weighted by Gasteiger charge is 2.17. The van der Waals surface area contributed by atoms with Gasteiger partial charge in [0, 0.05) is 6.07 Å². The molecule has 2 aromatic rings. The van der Waals surface area contributed by atoms with Crippen LogP contribution in [0.15, 0.2) is 36.4 Å². The van der Waals surface area contributed by atoms with E-state index in [1.807, 2.05) is 0 Å². The standard InChI is InChI=1S/C20H20F2O4/c1-25-20(24)19-15(7-4-14-5-8-16(22)9-6-14)12-17(13-18(19)23)26-11-3-2-10-21/h4-9,12-13,23H,2-3,10-11H2,1H3. The summed E-state index contributed by atoms with van der Waals surface area (Å²) in [6.45, 7) is -0.121. The number of alkyl halides is 1. The lowest BCUT2D eigenvalue weighted by Gasteiger charge is -2.11. The molecule has 6 heteroatoms. The molecule has 1 N–H and O–H groups in total. The molecule has 0 unspecified atom stereocenters. The summed E-state index contributed by atoms with van der Waals surface area (Å²) in [5.41, 5.74) is 1.11. The predicted molar refractivity (Wildman–Crippen MR) is 95.5 cm³/mol. The van der Waals surface area contributed by atoms with Gasteiger partial charge in [-0.05, 0) is 42.2 Å². The number of carbonyl (C=O) groups is 1. The van der Waals surface area contributed by atoms with E-state index in [2.05, 4.69) is 0 Å². The molecular weight excluding hydrogens is 342 g/mol. The number of halogens is 2. The van der Waals surface area contributed by atoms with Gasteiger partial charge in [-0.15, -0.1) is 0 Å². The number of esters is 1. The number of phenols is 1. The monoisotopic (exact) mass is 362 g/mol. The first kappa shape index (κ1) is 19.4. The lowest BCUT2D eigenvalue weighted by atomic mass is 10.0. The summed E-state index contributed by atoms with van der Waals surface area (Å²) in [5, 5.41) is 10.2. The fourth-order valence-corrected chi connectivity index (χ4v) is 2.31. The molecule has 0 spiro atoms. The summed E-state index contributed by atoms with van der Waals surface area (Å²) in [6, 6.07) is 8.71. The van der Waals surface area contributed by atoms with Gasteiger partial charge >= 0.3 is 5.97 Å². The number of phenolic OH excluding ortho intramolecular Hbond substituents is 1. The molecule has 4 nitrogen and oxygen atoms in total. The van der Waals surface area contributed by atoms with E-state index in [4.69, 9.17) is 9.47 Å². The van der Waals surface area contributed by atoms with Crippen molar-refractivity contribution in [2.24, 2.45) is 0 Å². The van der Waals surface area contributed by atoms with Crippen LogP contribution < -0.4 is 4.74 Å². The Morgan fingerprint density at radius 2 is 1.88 bits per heavy atom. The number of aromatic hydroxyl groups is 1. The first-order valence-electron chi connectivity index (χ1n) is 8.13. The minimum atomic E-state index is -0.690. The Hall–Kier alpha value is -2.89. The zero-order valence-corrected chi connectivity index (χ0v) is 14.4. The molecular formula is C20H20F2O4. The summed E-state index contributed by atoms with van der Waals surface area (Å²) in [4.78, 5) is 12.0. The van der Waals surface area contributed by atoms with E-state index in [1.54, 1.807) is 30.4 Å². The number of rotatable bonds is 8. The Morgan fingerprint density at radius 1 is 1.15 bits per heavy atom. The molecule has 0 radical (unpaired) electrons. The third-order valence-electron chi connectivity index (χ3n) is 3.63. The SMILES string of the molecule is COC(=O)c1c(O)cc(OCCCCF)cc1C=Cc1ccc(F)cc1. The average Bonchev–Trinajstić information content (AvgIpc) is 2.64. The fourth-order valence-electron chi connectivity index (χ4n) is 2.31. The molecule has 0 bridgehead atoms. The highest BCUT2D eigenvalue weighted by Crippen LogP contribution is 2.30. The largest absolute Gasteiger partial charge is 0.507 e. The maximum Gasteiger partial charge on any atom is 0.342 e. The van der Waals surface area contributed by atoms with Gasteiger partial charge in [-0.2, -0.15) is 0 Å². The molecule has 0 aliphatic carbocycles. The number of hydrogen-bond donors (Lipinski definition) is 1. The van der Waals surface area contributed by atoms with Crippen LogP contribution in [0.2, 0.25) is 0 Å². The molecule has 138 valence electrons. The van der Waals surface area contributed by atoms with Gasteiger partial charge in [-0.25, -0.2) is 9.18 Å². The summed E-state index contributed by atoms with van der Waals surface area (Å²) in [7, 11) is 1.22. The van der Waals surface area contributed by atoms with Crippen molar-refractivity contribution in [2.75, 3.05) is 20.4 Å². The highest BCUT2D eigenvalue weighted by molar-refractivity contribution is 5.98. The van der Waals surface area contributed by atoms with Gasteiger partial charge in [0.25, 0.3) is 0 Å². The number of hydrogen-bond acceptors (Lipinski definition) is 4. The minimum Gasteiger partial charge on any atom is -0.507 e. The van der Waals surface area contributed by atoms with E-state index < -0.39 is 12.6 Å². The van der Waals surface area contributed by atoms with Crippen LogP contribution in [0.5, 0.6) is 11.5 Å². The van der Waals surface area contributed by atoms with Gasteiger partial charge in [-0.3, -0.25) is 4.39 Å². The van der Waals surface area contributed by atoms with Crippen LogP contribution in [0.1, 0.15) is 34.3 Å². The van der Waals surface area contributed by atoms with Crippen LogP contribution in [0.25, 0.3) is 12.2 Å². The van der Waals surface area contributed by atoms with Crippen LogP contribution in [0, 0.1) is 5.82 Å². The van der Waals surface area contributed by atoms with Crippen molar-refractivity contribution >= 4 is 18.1 Å². The Kier molecular flexibility index (Phi) is 7.14. The van der Waals surface area contributed by atoms with Crippen molar-refractivity contribution in [1.29, 1.82) is 0 Å². The van der Waals surface area contributed by atoms with Crippen LogP contribution in [-0.4, -0.2) is 31.5 Å². The lowest BCUT2D eigenvalue weighted by Crippen LogP contribution is -2.05. The van der Waals surface area contributed by atoms with Gasteiger partial charge in [0.2, 0.25) is 0 Å². The smallest absolute Gasteiger partial charge is 0.342 e. The van der Waals surface area contributed by atoms with Crippen molar-refractivity contribution in [3.05, 3.63) is 58.9 Å². The molecule has 0 heterocycles. The summed E-state index contributed by atoms with van der Waals surface area (Å²) >= 11 is 0. The second-order valence-electron chi connectivity index (χ2n) is 5.53. The van der Waals surface area contributed by atoms with E-state index >= 15 is 0 Å². The number of benzene rings is 2. The Morgan fingerprint density at radius 3 is 2.54 bits per heavy atom. The molecule has 0 saturated carbocycles. The third kappa shape index (κ3) is 5.31. The third-order valence-corrected chi connectivity index (χ3v) is 3.63. The Labute approximate surface area is 150 Å². The predicted octanol–water partition coefficient (Wildman–Crippen LogP) is 4.62. The molecule has 0 saturated heterocycles. The van der Waals surface area contributed by atoms with Crippen LogP contribution >= 0.6 is 0 Å². The van der Waals surface area contributed by atoms with E-state index in [-0.39, 0.29) is 17.1 Å². The summed E-state index contributed by atoms with van der Waals surface area (Å²) in [5.74, 6) is -0.963. The van der Waals surface area contributed by atoms with E-state index in [9.17, 15) is 18.7 Å². The maximum atomic E-state index is 13.0. The zero-order chi connectivity index (χ0) is 18.9. The Bertz CT molecular complexity index is 770. The number of ether oxygens (including phenoxy) is 2. The van der Waals surface area contributed by atoms with Crippen LogP contribution in [-0.2, 0) is 4.74 Å². The molecule has 0 aliphatic rings. The normalized spacial score (nSPS) is 10.9. The summed E-state index contributed by atoms with van der Waals surface area (Å²) in [6.07, 6.45) is 4.21. The van der Waals surface area contributed by atoms with Crippen molar-refractivity contribution in [3.63, 3.8) is 0 Å². The van der Waals surface area contributed by atoms with Crippen molar-refractivity contribution in [1.82, 2.24) is 0 Å². The van der Waals surface area contributed by atoms with Crippen molar-refractivity contribution in [2.45, 2.75) is 12.8 Å². The molecule has 26 heavy (non-hydrogen) atoms. The molecule has 2 aromatic carbocycles. The fraction of sp³-hybridized carbons (Fsp3) is 0.250. The second kappa shape index (κ2) is 9.56. The second-order valence-corrected chi connectivity index (χ2v) is 5.53. The first-order valence-corrected chi connectivity index (χ1v) is 8.13. The van der Waals surface area contributed by atoms with Gasteiger partial charge in [0.15, 0.2) is 0 Å². The molecule has 2 rings (SSSR count). The van der Waals surface area contributed by atoms with Crippen LogP contribution in [0.3, 0.4) is 0 Å². The molecule has 0 fully saturated rings. The van der Waals surface area contributed by atoms with Crippen LogP contribution in [0.4, 0.5) is 8.78 Å². The van der Waals surface area contributed by atoms with Gasteiger partial charge < -0.3 is 14.6 Å². The number of methoxy groups -OCH3 is 1. The van der Waals surface area contributed by atoms with E-state index in [0.29, 0.717) is 30.8 Å². The molecule has 0 atom stereocenters. The molecule has 0 aliphatic heterocycles. The lowest BCUT2D eigenvalue weighted by molar-refractivity contribution is 0.0597. The molecule has 0 amide bonds. The summed E-state index contributed by atoms with van der Waals surface area (Å²) < 4.78 is 35.3. The highest BCUT2D eigenvalue weighted by atomic mass is 19.1. The van der Waals surface area contributed by atoms with E-state index in [0.717, 1.165) is 5.56 Å². The minimum absolute atomic E-state index is 0.00182. The van der Waals surface area contributed by atoms with E-state index in [1.165, 1.54) is 25.3 Å². The Balaban J connectivity index is 2.31. The van der Waals surface area contributed by atoms with Gasteiger partial charge in [0.05, 0.1) is 20.4 Å². The van der Waals surface area contributed by atoms with Crippen molar-refractivity contribution < 1.29 is 28.2 Å². The van der Waals surface area contributed by atoms with Gasteiger partial charge in [0.1, 0.15) is 22.9 Å². The van der Waals surface area contributed by atoms with Gasteiger partial charge in [-0.1, -0.05) is 24.3 Å². The average molecular weight is 362 g/mol. The van der Waals surface area contributed by atoms with Crippen molar-refractivity contribution in [3.8, 4) is 11.5 Å². The first-order chi connectivity index (χ1) is 12.5.